The third-order valence-electron chi connectivity index (χ3n) is 2.07. The number of rotatable bonds is 3. The summed E-state index contributed by atoms with van der Waals surface area (Å²) in [6.45, 7) is 0.344. The molecule has 2 aromatic rings. The van der Waals surface area contributed by atoms with Gasteiger partial charge in [0.15, 0.2) is 0 Å². The smallest absolute Gasteiger partial charge is 0.150 e. The summed E-state index contributed by atoms with van der Waals surface area (Å²) in [4.78, 5) is 4.13. The van der Waals surface area contributed by atoms with Crippen LogP contribution in [-0.4, -0.2) is 4.98 Å². The summed E-state index contributed by atoms with van der Waals surface area (Å²) >= 11 is 5.86. The molecular formula is C12H11ClN2O. The Morgan fingerprint density at radius 1 is 1.25 bits per heavy atom. The molecule has 0 amide bonds. The van der Waals surface area contributed by atoms with Gasteiger partial charge in [-0.15, -0.1) is 0 Å². The number of hydrogen-bond acceptors (Lipinski definition) is 3. The molecule has 0 radical (unpaired) electrons. The highest BCUT2D eigenvalue weighted by Gasteiger charge is 2.04. The van der Waals surface area contributed by atoms with Crippen molar-refractivity contribution in [1.29, 1.82) is 0 Å². The fraction of sp³-hybridized carbons (Fsp3) is 0.0833. The minimum absolute atomic E-state index is 0.344. The molecule has 0 saturated heterocycles. The zero-order chi connectivity index (χ0) is 11.4. The number of hydrogen-bond donors (Lipinski definition) is 1. The maximum absolute atomic E-state index is 5.86. The van der Waals surface area contributed by atoms with E-state index in [1.807, 2.05) is 18.2 Å². The number of aromatic nitrogens is 1. The normalized spacial score (nSPS) is 10.1. The summed E-state index contributed by atoms with van der Waals surface area (Å²) in [5, 5.41) is 0.635. The molecule has 0 atom stereocenters. The highest BCUT2D eigenvalue weighted by atomic mass is 35.5. The van der Waals surface area contributed by atoms with Gasteiger partial charge in [-0.2, -0.15) is 0 Å². The van der Waals surface area contributed by atoms with E-state index in [2.05, 4.69) is 4.98 Å². The van der Waals surface area contributed by atoms with Gasteiger partial charge in [0.05, 0.1) is 5.69 Å². The van der Waals surface area contributed by atoms with Gasteiger partial charge >= 0.3 is 0 Å². The number of ether oxygens (including phenoxy) is 1. The van der Waals surface area contributed by atoms with Crippen LogP contribution in [0.15, 0.2) is 42.6 Å². The van der Waals surface area contributed by atoms with E-state index in [9.17, 15) is 0 Å². The summed E-state index contributed by atoms with van der Waals surface area (Å²) in [6.07, 6.45) is 1.69. The SMILES string of the molecule is NCc1ncccc1Oc1cccc(Cl)c1. The molecule has 82 valence electrons. The Bertz CT molecular complexity index is 488. The Balaban J connectivity index is 2.26. The van der Waals surface area contributed by atoms with Crippen LogP contribution in [0.25, 0.3) is 0 Å². The molecule has 1 aromatic carbocycles. The Kier molecular flexibility index (Phi) is 3.39. The molecule has 0 fully saturated rings. The van der Waals surface area contributed by atoms with E-state index in [-0.39, 0.29) is 0 Å². The number of benzene rings is 1. The van der Waals surface area contributed by atoms with Gasteiger partial charge in [-0.3, -0.25) is 4.98 Å². The Labute approximate surface area is 98.8 Å². The van der Waals surface area contributed by atoms with Gasteiger partial charge in [0.25, 0.3) is 0 Å². The molecule has 2 N–H and O–H groups in total. The van der Waals surface area contributed by atoms with Crippen molar-refractivity contribution in [3.8, 4) is 11.5 Å². The predicted octanol–water partition coefficient (Wildman–Crippen LogP) is 2.99. The molecule has 4 heteroatoms. The second-order valence-electron chi connectivity index (χ2n) is 3.21. The minimum Gasteiger partial charge on any atom is -0.455 e. The van der Waals surface area contributed by atoms with Crippen molar-refractivity contribution in [3.63, 3.8) is 0 Å². The topological polar surface area (TPSA) is 48.1 Å². The summed E-state index contributed by atoms with van der Waals surface area (Å²) in [7, 11) is 0. The van der Waals surface area contributed by atoms with E-state index in [1.165, 1.54) is 0 Å². The van der Waals surface area contributed by atoms with Crippen molar-refractivity contribution in [2.45, 2.75) is 6.54 Å². The van der Waals surface area contributed by atoms with E-state index >= 15 is 0 Å². The van der Waals surface area contributed by atoms with E-state index in [1.54, 1.807) is 24.4 Å². The maximum atomic E-state index is 5.86. The average Bonchev–Trinajstić information content (AvgIpc) is 2.30. The Hall–Kier alpha value is -1.58. The van der Waals surface area contributed by atoms with E-state index in [0.717, 1.165) is 5.69 Å². The van der Waals surface area contributed by atoms with Crippen molar-refractivity contribution < 1.29 is 4.74 Å². The quantitative estimate of drug-likeness (QED) is 0.888. The zero-order valence-electron chi connectivity index (χ0n) is 8.56. The molecule has 0 spiro atoms. The molecule has 0 aliphatic heterocycles. The van der Waals surface area contributed by atoms with Gasteiger partial charge in [-0.25, -0.2) is 0 Å². The lowest BCUT2D eigenvalue weighted by molar-refractivity contribution is 0.472. The first kappa shape index (κ1) is 10.9. The lowest BCUT2D eigenvalue weighted by Crippen LogP contribution is -2.01. The van der Waals surface area contributed by atoms with E-state index in [4.69, 9.17) is 22.1 Å². The van der Waals surface area contributed by atoms with Crippen LogP contribution in [0.1, 0.15) is 5.69 Å². The van der Waals surface area contributed by atoms with Crippen LogP contribution < -0.4 is 10.5 Å². The predicted molar refractivity (Wildman–Crippen MR) is 63.7 cm³/mol. The lowest BCUT2D eigenvalue weighted by Gasteiger charge is -2.08. The highest BCUT2D eigenvalue weighted by molar-refractivity contribution is 6.30. The number of nitrogens with zero attached hydrogens (tertiary/aromatic N) is 1. The highest BCUT2D eigenvalue weighted by Crippen LogP contribution is 2.25. The minimum atomic E-state index is 0.344. The molecule has 0 aliphatic rings. The van der Waals surface area contributed by atoms with Crippen LogP contribution in [0, 0.1) is 0 Å². The summed E-state index contributed by atoms with van der Waals surface area (Å²) < 4.78 is 5.65. The van der Waals surface area contributed by atoms with Crippen molar-refractivity contribution in [1.82, 2.24) is 4.98 Å². The number of pyridine rings is 1. The van der Waals surface area contributed by atoms with Gasteiger partial charge in [0.2, 0.25) is 0 Å². The van der Waals surface area contributed by atoms with Crippen molar-refractivity contribution in [3.05, 3.63) is 53.3 Å². The molecular weight excluding hydrogens is 224 g/mol. The van der Waals surface area contributed by atoms with E-state index < -0.39 is 0 Å². The fourth-order valence-electron chi connectivity index (χ4n) is 1.33. The number of halogens is 1. The maximum Gasteiger partial charge on any atom is 0.150 e. The first-order chi connectivity index (χ1) is 7.79. The van der Waals surface area contributed by atoms with Crippen LogP contribution >= 0.6 is 11.6 Å². The standard InChI is InChI=1S/C12H11ClN2O/c13-9-3-1-4-10(7-9)16-12-5-2-6-15-11(12)8-14/h1-7H,8,14H2. The monoisotopic (exact) mass is 234 g/mol. The average molecular weight is 235 g/mol. The first-order valence-corrected chi connectivity index (χ1v) is 5.25. The molecule has 0 saturated carbocycles. The van der Waals surface area contributed by atoms with Crippen molar-refractivity contribution >= 4 is 11.6 Å². The number of nitrogens with two attached hydrogens (primary N) is 1. The van der Waals surface area contributed by atoms with Crippen LogP contribution in [0.5, 0.6) is 11.5 Å². The summed E-state index contributed by atoms with van der Waals surface area (Å²) in [5.41, 5.74) is 6.29. The second-order valence-corrected chi connectivity index (χ2v) is 3.65. The molecule has 0 bridgehead atoms. The van der Waals surface area contributed by atoms with Gasteiger partial charge in [-0.1, -0.05) is 17.7 Å². The zero-order valence-corrected chi connectivity index (χ0v) is 9.32. The first-order valence-electron chi connectivity index (χ1n) is 4.87. The molecule has 0 unspecified atom stereocenters. The molecule has 0 aliphatic carbocycles. The van der Waals surface area contributed by atoms with Crippen molar-refractivity contribution in [2.75, 3.05) is 0 Å². The van der Waals surface area contributed by atoms with Crippen molar-refractivity contribution in [2.24, 2.45) is 5.73 Å². The second kappa shape index (κ2) is 4.96. The molecule has 16 heavy (non-hydrogen) atoms. The van der Waals surface area contributed by atoms with Crippen LogP contribution in [0.3, 0.4) is 0 Å². The van der Waals surface area contributed by atoms with Gasteiger partial charge in [-0.05, 0) is 30.3 Å². The van der Waals surface area contributed by atoms with Gasteiger partial charge in [0.1, 0.15) is 11.5 Å². The summed E-state index contributed by atoms with van der Waals surface area (Å²) in [6, 6.07) is 10.8. The van der Waals surface area contributed by atoms with Crippen LogP contribution in [0.4, 0.5) is 0 Å². The fourth-order valence-corrected chi connectivity index (χ4v) is 1.51. The third kappa shape index (κ3) is 2.51. The Morgan fingerprint density at radius 3 is 2.88 bits per heavy atom. The van der Waals surface area contributed by atoms with Gasteiger partial charge in [0, 0.05) is 17.8 Å². The molecule has 1 aromatic heterocycles. The van der Waals surface area contributed by atoms with E-state index in [0.29, 0.717) is 23.1 Å². The largest absolute Gasteiger partial charge is 0.455 e. The summed E-state index contributed by atoms with van der Waals surface area (Å²) in [5.74, 6) is 1.34. The third-order valence-corrected chi connectivity index (χ3v) is 2.30. The molecule has 1 heterocycles. The Morgan fingerprint density at radius 2 is 2.12 bits per heavy atom. The molecule has 2 rings (SSSR count). The van der Waals surface area contributed by atoms with Crippen LogP contribution in [0.2, 0.25) is 5.02 Å². The lowest BCUT2D eigenvalue weighted by atomic mass is 10.3. The van der Waals surface area contributed by atoms with Gasteiger partial charge < -0.3 is 10.5 Å². The van der Waals surface area contributed by atoms with Crippen LogP contribution in [-0.2, 0) is 6.54 Å². The molecule has 3 nitrogen and oxygen atoms in total.